The molecule has 13 heavy (non-hydrogen) atoms. The van der Waals surface area contributed by atoms with Crippen molar-refractivity contribution in [2.45, 2.75) is 6.42 Å². The van der Waals surface area contributed by atoms with Gasteiger partial charge in [-0.05, 0) is 12.0 Å². The first-order valence-electron chi connectivity index (χ1n) is 4.11. The van der Waals surface area contributed by atoms with E-state index in [0.717, 1.165) is 6.42 Å². The molecule has 0 aliphatic carbocycles. The topological polar surface area (TPSA) is 26.3 Å². The Morgan fingerprint density at radius 1 is 1.38 bits per heavy atom. The molecule has 0 fully saturated rings. The molecule has 0 atom stereocenters. The van der Waals surface area contributed by atoms with Crippen LogP contribution in [0.2, 0.25) is 0 Å². The van der Waals surface area contributed by atoms with Crippen LogP contribution in [0.1, 0.15) is 5.56 Å². The number of esters is 1. The molecule has 0 heterocycles. The molecule has 1 rings (SSSR count). The lowest BCUT2D eigenvalue weighted by atomic mass is 10.1. The second-order valence-electron chi connectivity index (χ2n) is 2.62. The van der Waals surface area contributed by atoms with Gasteiger partial charge in [0.2, 0.25) is 0 Å². The molecule has 0 radical (unpaired) electrons. The summed E-state index contributed by atoms with van der Waals surface area (Å²) in [4.78, 5) is 10.7. The zero-order valence-electron chi connectivity index (χ0n) is 7.57. The van der Waals surface area contributed by atoms with Crippen LogP contribution in [0.3, 0.4) is 0 Å². The van der Waals surface area contributed by atoms with Crippen molar-refractivity contribution in [1.82, 2.24) is 0 Å². The first-order chi connectivity index (χ1) is 6.33. The summed E-state index contributed by atoms with van der Waals surface area (Å²) in [6, 6.07) is 9.94. The highest BCUT2D eigenvalue weighted by molar-refractivity contribution is 5.81. The summed E-state index contributed by atoms with van der Waals surface area (Å²) < 4.78 is 4.46. The van der Waals surface area contributed by atoms with Gasteiger partial charge in [0.1, 0.15) is 0 Å². The highest BCUT2D eigenvalue weighted by Gasteiger charge is 1.90. The molecule has 0 amide bonds. The van der Waals surface area contributed by atoms with E-state index in [1.54, 1.807) is 6.08 Å². The van der Waals surface area contributed by atoms with E-state index in [1.807, 2.05) is 30.3 Å². The Hall–Kier alpha value is -1.57. The third-order valence-electron chi connectivity index (χ3n) is 1.65. The number of carbonyl (C=O) groups is 1. The number of hydrogen-bond acceptors (Lipinski definition) is 2. The molecule has 2 heteroatoms. The van der Waals surface area contributed by atoms with Crippen LogP contribution in [-0.4, -0.2) is 13.1 Å². The van der Waals surface area contributed by atoms with Crippen molar-refractivity contribution in [1.29, 1.82) is 0 Å². The summed E-state index contributed by atoms with van der Waals surface area (Å²) in [5.41, 5.74) is 1.18. The molecule has 68 valence electrons. The first kappa shape index (κ1) is 9.52. The number of ether oxygens (including phenoxy) is 1. The van der Waals surface area contributed by atoms with Crippen LogP contribution < -0.4 is 0 Å². The minimum Gasteiger partial charge on any atom is -0.466 e. The average molecular weight is 176 g/mol. The van der Waals surface area contributed by atoms with Crippen LogP contribution >= 0.6 is 0 Å². The lowest BCUT2D eigenvalue weighted by Gasteiger charge is -1.93. The van der Waals surface area contributed by atoms with Gasteiger partial charge in [0.15, 0.2) is 0 Å². The maximum Gasteiger partial charge on any atom is 0.330 e. The van der Waals surface area contributed by atoms with Gasteiger partial charge in [0.05, 0.1) is 7.11 Å². The molecule has 0 aromatic heterocycles. The molecule has 2 nitrogen and oxygen atoms in total. The lowest BCUT2D eigenvalue weighted by molar-refractivity contribution is -0.134. The quantitative estimate of drug-likeness (QED) is 0.519. The van der Waals surface area contributed by atoms with E-state index in [2.05, 4.69) is 4.74 Å². The molecule has 0 spiro atoms. The van der Waals surface area contributed by atoms with Gasteiger partial charge in [0, 0.05) is 6.08 Å². The average Bonchev–Trinajstić information content (AvgIpc) is 2.19. The monoisotopic (exact) mass is 176 g/mol. The van der Waals surface area contributed by atoms with Gasteiger partial charge < -0.3 is 4.74 Å². The van der Waals surface area contributed by atoms with Gasteiger partial charge in [0.25, 0.3) is 0 Å². The van der Waals surface area contributed by atoms with Crippen molar-refractivity contribution in [3.8, 4) is 0 Å². The van der Waals surface area contributed by atoms with Gasteiger partial charge in [-0.15, -0.1) is 0 Å². The number of rotatable bonds is 3. The second-order valence-corrected chi connectivity index (χ2v) is 2.62. The Kier molecular flexibility index (Phi) is 3.76. The fraction of sp³-hybridized carbons (Fsp3) is 0.182. The summed E-state index contributed by atoms with van der Waals surface area (Å²) in [5, 5.41) is 0. The molecule has 0 N–H and O–H groups in total. The summed E-state index contributed by atoms with van der Waals surface area (Å²) in [6.45, 7) is 0. The second kappa shape index (κ2) is 5.14. The molecule has 1 aromatic rings. The standard InChI is InChI=1S/C11H12O2/c1-13-11(12)9-5-8-10-6-3-2-4-7-10/h2-7,9H,8H2,1H3/b9-5+. The molecular formula is C11H12O2. The number of carbonyl (C=O) groups excluding carboxylic acids is 1. The Bertz CT molecular complexity index is 288. The molecule has 0 aliphatic heterocycles. The number of hydrogen-bond donors (Lipinski definition) is 0. The van der Waals surface area contributed by atoms with Crippen LogP contribution in [0.4, 0.5) is 0 Å². The SMILES string of the molecule is COC(=O)/C=C/Cc1ccccc1. The molecule has 0 saturated carbocycles. The van der Waals surface area contributed by atoms with Crippen LogP contribution in [0.15, 0.2) is 42.5 Å². The van der Waals surface area contributed by atoms with Crippen molar-refractivity contribution in [3.63, 3.8) is 0 Å². The van der Waals surface area contributed by atoms with Crippen LogP contribution in [0, 0.1) is 0 Å². The minimum atomic E-state index is -0.309. The van der Waals surface area contributed by atoms with Gasteiger partial charge in [-0.3, -0.25) is 0 Å². The maximum atomic E-state index is 10.7. The fourth-order valence-electron chi connectivity index (χ4n) is 0.973. The van der Waals surface area contributed by atoms with E-state index in [-0.39, 0.29) is 5.97 Å². The van der Waals surface area contributed by atoms with Crippen LogP contribution in [-0.2, 0) is 16.0 Å². The highest BCUT2D eigenvalue weighted by atomic mass is 16.5. The first-order valence-corrected chi connectivity index (χ1v) is 4.11. The van der Waals surface area contributed by atoms with Crippen molar-refractivity contribution < 1.29 is 9.53 Å². The number of benzene rings is 1. The largest absolute Gasteiger partial charge is 0.466 e. The molecule has 0 aliphatic rings. The third-order valence-corrected chi connectivity index (χ3v) is 1.65. The van der Waals surface area contributed by atoms with E-state index in [0.29, 0.717) is 0 Å². The lowest BCUT2D eigenvalue weighted by Crippen LogP contribution is -1.93. The zero-order chi connectivity index (χ0) is 9.52. The third kappa shape index (κ3) is 3.56. The van der Waals surface area contributed by atoms with Crippen LogP contribution in [0.25, 0.3) is 0 Å². The summed E-state index contributed by atoms with van der Waals surface area (Å²) >= 11 is 0. The maximum absolute atomic E-state index is 10.7. The van der Waals surface area contributed by atoms with E-state index in [1.165, 1.54) is 18.7 Å². The summed E-state index contributed by atoms with van der Waals surface area (Å²) in [6.07, 6.45) is 3.99. The molecule has 0 saturated heterocycles. The predicted octanol–water partition coefficient (Wildman–Crippen LogP) is 1.96. The van der Waals surface area contributed by atoms with Crippen LogP contribution in [0.5, 0.6) is 0 Å². The number of methoxy groups -OCH3 is 1. The van der Waals surface area contributed by atoms with E-state index in [4.69, 9.17) is 0 Å². The van der Waals surface area contributed by atoms with Crippen molar-refractivity contribution >= 4 is 5.97 Å². The Morgan fingerprint density at radius 3 is 2.69 bits per heavy atom. The normalized spacial score (nSPS) is 10.2. The molecular weight excluding hydrogens is 164 g/mol. The van der Waals surface area contributed by atoms with Gasteiger partial charge in [-0.25, -0.2) is 4.79 Å². The van der Waals surface area contributed by atoms with Gasteiger partial charge in [-0.2, -0.15) is 0 Å². The Morgan fingerprint density at radius 2 is 2.08 bits per heavy atom. The molecule has 0 bridgehead atoms. The highest BCUT2D eigenvalue weighted by Crippen LogP contribution is 1.99. The molecule has 0 unspecified atom stereocenters. The minimum absolute atomic E-state index is 0.309. The van der Waals surface area contributed by atoms with E-state index < -0.39 is 0 Å². The van der Waals surface area contributed by atoms with E-state index in [9.17, 15) is 4.79 Å². The van der Waals surface area contributed by atoms with Crippen molar-refractivity contribution in [2.75, 3.05) is 7.11 Å². The Balaban J connectivity index is 2.44. The fourth-order valence-corrected chi connectivity index (χ4v) is 0.973. The predicted molar refractivity (Wildman–Crippen MR) is 51.3 cm³/mol. The smallest absolute Gasteiger partial charge is 0.330 e. The summed E-state index contributed by atoms with van der Waals surface area (Å²) in [7, 11) is 1.37. The summed E-state index contributed by atoms with van der Waals surface area (Å²) in [5.74, 6) is -0.309. The van der Waals surface area contributed by atoms with Gasteiger partial charge >= 0.3 is 5.97 Å². The van der Waals surface area contributed by atoms with Gasteiger partial charge in [-0.1, -0.05) is 36.4 Å². The number of allylic oxidation sites excluding steroid dienone is 1. The Labute approximate surface area is 77.8 Å². The van der Waals surface area contributed by atoms with E-state index >= 15 is 0 Å². The zero-order valence-corrected chi connectivity index (χ0v) is 7.57. The van der Waals surface area contributed by atoms with Crippen molar-refractivity contribution in [2.24, 2.45) is 0 Å². The molecule has 1 aromatic carbocycles. The van der Waals surface area contributed by atoms with Crippen molar-refractivity contribution in [3.05, 3.63) is 48.0 Å².